The monoisotopic (exact) mass is 245 g/mol. The number of benzene rings is 1. The molecule has 0 saturated carbocycles. The molecular weight excluding hydrogens is 229 g/mol. The molecule has 1 N–H and O–H groups in total. The summed E-state index contributed by atoms with van der Waals surface area (Å²) < 4.78 is 13.4. The summed E-state index contributed by atoms with van der Waals surface area (Å²) >= 11 is 5.92. The van der Waals surface area contributed by atoms with Crippen LogP contribution < -0.4 is 0 Å². The van der Waals surface area contributed by atoms with Crippen molar-refractivity contribution in [3.05, 3.63) is 34.6 Å². The van der Waals surface area contributed by atoms with E-state index >= 15 is 0 Å². The van der Waals surface area contributed by atoms with Crippen molar-refractivity contribution in [2.75, 3.05) is 13.6 Å². The second-order valence-electron chi connectivity index (χ2n) is 4.08. The average molecular weight is 246 g/mol. The Kier molecular flexibility index (Phi) is 5.19. The zero-order valence-corrected chi connectivity index (χ0v) is 10.3. The molecule has 1 aromatic rings. The maximum absolute atomic E-state index is 13.4. The van der Waals surface area contributed by atoms with Crippen LogP contribution in [0.1, 0.15) is 18.9 Å². The second-order valence-corrected chi connectivity index (χ2v) is 4.48. The first-order valence-electron chi connectivity index (χ1n) is 5.30. The first-order chi connectivity index (χ1) is 7.50. The Morgan fingerprint density at radius 1 is 1.50 bits per heavy atom. The third-order valence-corrected chi connectivity index (χ3v) is 2.77. The lowest BCUT2D eigenvalue weighted by molar-refractivity contribution is 0.162. The highest BCUT2D eigenvalue weighted by molar-refractivity contribution is 6.31. The van der Waals surface area contributed by atoms with Crippen LogP contribution >= 0.6 is 11.6 Å². The molecular formula is C12H17ClFNO. The van der Waals surface area contributed by atoms with Crippen LogP contribution in [0, 0.1) is 5.82 Å². The molecule has 1 aromatic carbocycles. The maximum atomic E-state index is 13.4. The van der Waals surface area contributed by atoms with Crippen molar-refractivity contribution in [1.29, 1.82) is 0 Å². The van der Waals surface area contributed by atoms with Crippen molar-refractivity contribution in [2.24, 2.45) is 0 Å². The number of aliphatic hydroxyl groups excluding tert-OH is 1. The molecule has 0 aromatic heterocycles. The maximum Gasteiger partial charge on any atom is 0.129 e. The van der Waals surface area contributed by atoms with E-state index in [4.69, 9.17) is 16.7 Å². The highest BCUT2D eigenvalue weighted by Gasteiger charge is 2.09. The van der Waals surface area contributed by atoms with Crippen LogP contribution in [-0.2, 0) is 6.54 Å². The standard InChI is InChI=1S/C12H17ClFNO/c1-9(16)6-7-15(2)8-10-11(13)4-3-5-12(10)14/h3-5,9,16H,6-8H2,1-2H3. The van der Waals surface area contributed by atoms with Gasteiger partial charge in [0.25, 0.3) is 0 Å². The summed E-state index contributed by atoms with van der Waals surface area (Å²) in [5, 5.41) is 9.60. The molecule has 1 atom stereocenters. The van der Waals surface area contributed by atoms with E-state index in [2.05, 4.69) is 0 Å². The van der Waals surface area contributed by atoms with Crippen molar-refractivity contribution < 1.29 is 9.50 Å². The molecule has 2 nitrogen and oxygen atoms in total. The van der Waals surface area contributed by atoms with Gasteiger partial charge in [-0.3, -0.25) is 0 Å². The van der Waals surface area contributed by atoms with Gasteiger partial charge in [-0.15, -0.1) is 0 Å². The van der Waals surface area contributed by atoms with Crippen molar-refractivity contribution in [1.82, 2.24) is 4.90 Å². The van der Waals surface area contributed by atoms with Gasteiger partial charge in [0.15, 0.2) is 0 Å². The van der Waals surface area contributed by atoms with Crippen LogP contribution in [0.15, 0.2) is 18.2 Å². The molecule has 0 saturated heterocycles. The van der Waals surface area contributed by atoms with Gasteiger partial charge in [-0.1, -0.05) is 17.7 Å². The van der Waals surface area contributed by atoms with E-state index in [1.807, 2.05) is 11.9 Å². The van der Waals surface area contributed by atoms with E-state index in [9.17, 15) is 4.39 Å². The van der Waals surface area contributed by atoms with Crippen molar-refractivity contribution in [3.63, 3.8) is 0 Å². The number of rotatable bonds is 5. The first-order valence-corrected chi connectivity index (χ1v) is 5.68. The summed E-state index contributed by atoms with van der Waals surface area (Å²) in [5.41, 5.74) is 0.511. The molecule has 0 fully saturated rings. The summed E-state index contributed by atoms with van der Waals surface area (Å²) in [4.78, 5) is 1.94. The summed E-state index contributed by atoms with van der Waals surface area (Å²) in [6, 6.07) is 4.68. The largest absolute Gasteiger partial charge is 0.393 e. The normalized spacial score (nSPS) is 13.1. The molecule has 0 heterocycles. The minimum absolute atomic E-state index is 0.281. The molecule has 4 heteroatoms. The summed E-state index contributed by atoms with van der Waals surface area (Å²) in [7, 11) is 1.88. The molecule has 0 radical (unpaired) electrons. The minimum Gasteiger partial charge on any atom is -0.393 e. The molecule has 90 valence electrons. The van der Waals surface area contributed by atoms with Gasteiger partial charge in [0, 0.05) is 23.7 Å². The van der Waals surface area contributed by atoms with Gasteiger partial charge in [0.05, 0.1) is 6.10 Å². The lowest BCUT2D eigenvalue weighted by atomic mass is 10.2. The van der Waals surface area contributed by atoms with E-state index in [1.165, 1.54) is 6.07 Å². The Morgan fingerprint density at radius 3 is 2.75 bits per heavy atom. The van der Waals surface area contributed by atoms with E-state index in [0.717, 1.165) is 0 Å². The first kappa shape index (κ1) is 13.4. The Labute approximate surface area is 101 Å². The van der Waals surface area contributed by atoms with Gasteiger partial charge >= 0.3 is 0 Å². The Bertz CT molecular complexity index is 324. The van der Waals surface area contributed by atoms with Gasteiger partial charge in [-0.05, 0) is 32.5 Å². The van der Waals surface area contributed by atoms with Gasteiger partial charge in [-0.25, -0.2) is 4.39 Å². The zero-order chi connectivity index (χ0) is 12.1. The predicted molar refractivity (Wildman–Crippen MR) is 64.0 cm³/mol. The fourth-order valence-corrected chi connectivity index (χ4v) is 1.66. The topological polar surface area (TPSA) is 23.5 Å². The van der Waals surface area contributed by atoms with Crippen LogP contribution in [0.2, 0.25) is 5.02 Å². The van der Waals surface area contributed by atoms with E-state index < -0.39 is 0 Å². The number of nitrogens with zero attached hydrogens (tertiary/aromatic N) is 1. The molecule has 0 amide bonds. The van der Waals surface area contributed by atoms with Crippen LogP contribution in [-0.4, -0.2) is 29.7 Å². The quantitative estimate of drug-likeness (QED) is 0.862. The highest BCUT2D eigenvalue weighted by Crippen LogP contribution is 2.20. The molecule has 1 rings (SSSR count). The van der Waals surface area contributed by atoms with Crippen LogP contribution in [0.5, 0.6) is 0 Å². The van der Waals surface area contributed by atoms with Gasteiger partial charge in [-0.2, -0.15) is 0 Å². The van der Waals surface area contributed by atoms with Gasteiger partial charge in [0.1, 0.15) is 5.82 Å². The third-order valence-electron chi connectivity index (χ3n) is 2.42. The SMILES string of the molecule is CC(O)CCN(C)Cc1c(F)cccc1Cl. The van der Waals surface area contributed by atoms with Gasteiger partial charge in [0.2, 0.25) is 0 Å². The van der Waals surface area contributed by atoms with Crippen molar-refractivity contribution >= 4 is 11.6 Å². The van der Waals surface area contributed by atoms with Crippen LogP contribution in [0.3, 0.4) is 0 Å². The molecule has 0 aliphatic heterocycles. The third kappa shape index (κ3) is 4.08. The number of aliphatic hydroxyl groups is 1. The molecule has 0 spiro atoms. The van der Waals surface area contributed by atoms with E-state index in [1.54, 1.807) is 19.1 Å². The lowest BCUT2D eigenvalue weighted by Crippen LogP contribution is -2.22. The zero-order valence-electron chi connectivity index (χ0n) is 9.58. The predicted octanol–water partition coefficient (Wildman–Crippen LogP) is 2.68. The number of halogens is 2. The van der Waals surface area contributed by atoms with Crippen LogP contribution in [0.4, 0.5) is 4.39 Å². The Morgan fingerprint density at radius 2 is 2.19 bits per heavy atom. The minimum atomic E-state index is -0.335. The smallest absolute Gasteiger partial charge is 0.129 e. The number of hydrogen-bond acceptors (Lipinski definition) is 2. The van der Waals surface area contributed by atoms with Crippen LogP contribution in [0.25, 0.3) is 0 Å². The average Bonchev–Trinajstić information content (AvgIpc) is 2.21. The fraction of sp³-hybridized carbons (Fsp3) is 0.500. The molecule has 0 bridgehead atoms. The second kappa shape index (κ2) is 6.18. The van der Waals surface area contributed by atoms with E-state index in [0.29, 0.717) is 30.1 Å². The number of hydrogen-bond donors (Lipinski definition) is 1. The highest BCUT2D eigenvalue weighted by atomic mass is 35.5. The fourth-order valence-electron chi connectivity index (χ4n) is 1.44. The molecule has 0 aliphatic carbocycles. The van der Waals surface area contributed by atoms with Crippen molar-refractivity contribution in [2.45, 2.75) is 26.0 Å². The molecule has 0 aliphatic rings. The summed E-state index contributed by atoms with van der Waals surface area (Å²) in [6.45, 7) is 2.91. The Balaban J connectivity index is 2.59. The van der Waals surface area contributed by atoms with Crippen molar-refractivity contribution in [3.8, 4) is 0 Å². The molecule has 16 heavy (non-hydrogen) atoms. The summed E-state index contributed by atoms with van der Waals surface area (Å²) in [5.74, 6) is -0.281. The molecule has 1 unspecified atom stereocenters. The van der Waals surface area contributed by atoms with E-state index in [-0.39, 0.29) is 11.9 Å². The van der Waals surface area contributed by atoms with Gasteiger partial charge < -0.3 is 10.0 Å². The Hall–Kier alpha value is -0.640. The summed E-state index contributed by atoms with van der Waals surface area (Å²) in [6.07, 6.45) is 0.335. The lowest BCUT2D eigenvalue weighted by Gasteiger charge is -2.18.